The number of aromatic nitrogens is 4. The van der Waals surface area contributed by atoms with Gasteiger partial charge in [0.2, 0.25) is 5.95 Å². The van der Waals surface area contributed by atoms with Crippen molar-refractivity contribution in [3.05, 3.63) is 92.1 Å². The summed E-state index contributed by atoms with van der Waals surface area (Å²) in [5.74, 6) is 0.0181. The Kier molecular flexibility index (Phi) is 6.49. The largest absolute Gasteiger partial charge is 0.295 e. The number of rotatable bonds is 6. The van der Waals surface area contributed by atoms with Crippen molar-refractivity contribution in [2.24, 2.45) is 4.99 Å². The summed E-state index contributed by atoms with van der Waals surface area (Å²) in [5.41, 5.74) is 3.35. The molecule has 2 heterocycles. The molecule has 2 aromatic carbocycles. The van der Waals surface area contributed by atoms with Gasteiger partial charge in [-0.3, -0.25) is 14.9 Å². The van der Waals surface area contributed by atoms with Crippen molar-refractivity contribution in [2.75, 3.05) is 4.72 Å². The maximum Gasteiger partial charge on any atom is 0.280 e. The molecule has 0 saturated carbocycles. The van der Waals surface area contributed by atoms with Crippen molar-refractivity contribution in [3.63, 3.8) is 0 Å². The SMILES string of the molecule is Cc1cc(C)nc(NS(=O)(=O)c2ccc(N=Cc3c(C)[nH]n(-c4ccc(Br)cc4)c3=O)cc2)n1. The molecule has 0 atom stereocenters. The van der Waals surface area contributed by atoms with Crippen LogP contribution in [0.15, 0.2) is 73.8 Å². The smallest absolute Gasteiger partial charge is 0.280 e. The van der Waals surface area contributed by atoms with E-state index in [1.54, 1.807) is 39.0 Å². The van der Waals surface area contributed by atoms with Gasteiger partial charge in [-0.2, -0.15) is 0 Å². The quantitative estimate of drug-likeness (QED) is 0.355. The Morgan fingerprint density at radius 3 is 2.24 bits per heavy atom. The number of hydrogen-bond acceptors (Lipinski definition) is 6. The van der Waals surface area contributed by atoms with E-state index in [2.05, 4.69) is 40.7 Å². The lowest BCUT2D eigenvalue weighted by Gasteiger charge is -2.08. The number of anilines is 1. The number of aliphatic imine (C=N–C) groups is 1. The molecule has 9 nitrogen and oxygen atoms in total. The topological polar surface area (TPSA) is 122 Å². The van der Waals surface area contributed by atoms with Crippen LogP contribution in [0.5, 0.6) is 0 Å². The van der Waals surface area contributed by atoms with Crippen molar-refractivity contribution >= 4 is 43.8 Å². The van der Waals surface area contributed by atoms with Crippen LogP contribution >= 0.6 is 15.9 Å². The molecule has 0 fully saturated rings. The fourth-order valence-corrected chi connectivity index (χ4v) is 4.49. The van der Waals surface area contributed by atoms with E-state index in [-0.39, 0.29) is 16.4 Å². The van der Waals surface area contributed by atoms with Gasteiger partial charge in [-0.05, 0) is 75.4 Å². The fraction of sp³-hybridized carbons (Fsp3) is 0.130. The van der Waals surface area contributed by atoms with Crippen molar-refractivity contribution < 1.29 is 8.42 Å². The second-order valence-corrected chi connectivity index (χ2v) is 10.2. The molecule has 0 unspecified atom stereocenters. The third-order valence-corrected chi connectivity index (χ3v) is 6.77. The highest BCUT2D eigenvalue weighted by Gasteiger charge is 2.16. The summed E-state index contributed by atoms with van der Waals surface area (Å²) in [7, 11) is -3.86. The van der Waals surface area contributed by atoms with Gasteiger partial charge in [-0.15, -0.1) is 0 Å². The van der Waals surface area contributed by atoms with Crippen LogP contribution in [-0.4, -0.2) is 34.4 Å². The van der Waals surface area contributed by atoms with E-state index in [4.69, 9.17) is 0 Å². The van der Waals surface area contributed by atoms with Crippen molar-refractivity contribution in [1.82, 2.24) is 19.7 Å². The van der Waals surface area contributed by atoms with Gasteiger partial charge in [0.25, 0.3) is 15.6 Å². The zero-order chi connectivity index (χ0) is 24.5. The molecule has 4 aromatic rings. The number of H-pyrrole nitrogens is 1. The van der Waals surface area contributed by atoms with Crippen molar-refractivity contribution in [3.8, 4) is 5.69 Å². The van der Waals surface area contributed by atoms with Crippen LogP contribution in [0.4, 0.5) is 11.6 Å². The Morgan fingerprint density at radius 1 is 1.00 bits per heavy atom. The van der Waals surface area contributed by atoms with E-state index in [0.717, 1.165) is 4.47 Å². The first kappa shape index (κ1) is 23.6. The lowest BCUT2D eigenvalue weighted by atomic mass is 10.2. The van der Waals surface area contributed by atoms with Gasteiger partial charge in [-0.25, -0.2) is 27.8 Å². The molecule has 0 aliphatic carbocycles. The van der Waals surface area contributed by atoms with Gasteiger partial charge < -0.3 is 0 Å². The lowest BCUT2D eigenvalue weighted by molar-refractivity contribution is 0.601. The van der Waals surface area contributed by atoms with Crippen LogP contribution in [0.3, 0.4) is 0 Å². The average Bonchev–Trinajstić information content (AvgIpc) is 3.05. The lowest BCUT2D eigenvalue weighted by Crippen LogP contribution is -2.17. The molecule has 4 rings (SSSR count). The number of nitrogens with one attached hydrogen (secondary N) is 2. The first-order valence-corrected chi connectivity index (χ1v) is 12.5. The third-order valence-electron chi connectivity index (χ3n) is 4.90. The summed E-state index contributed by atoms with van der Waals surface area (Å²) in [6.07, 6.45) is 1.47. The molecule has 2 N–H and O–H groups in total. The van der Waals surface area contributed by atoms with Crippen LogP contribution in [0.1, 0.15) is 22.6 Å². The molecule has 174 valence electrons. The Hall–Kier alpha value is -3.57. The third kappa shape index (κ3) is 5.15. The van der Waals surface area contributed by atoms with E-state index >= 15 is 0 Å². The summed E-state index contributed by atoms with van der Waals surface area (Å²) in [6.45, 7) is 5.31. The Labute approximate surface area is 204 Å². The highest BCUT2D eigenvalue weighted by atomic mass is 79.9. The molecule has 34 heavy (non-hydrogen) atoms. The molecule has 0 aliphatic heterocycles. The number of halogens is 1. The van der Waals surface area contributed by atoms with Gasteiger partial charge >= 0.3 is 0 Å². The van der Waals surface area contributed by atoms with E-state index in [0.29, 0.717) is 34.0 Å². The predicted octanol–water partition coefficient (Wildman–Crippen LogP) is 4.19. The minimum Gasteiger partial charge on any atom is -0.295 e. The van der Waals surface area contributed by atoms with Crippen molar-refractivity contribution in [2.45, 2.75) is 25.7 Å². The highest BCUT2D eigenvalue weighted by Crippen LogP contribution is 2.19. The fourth-order valence-electron chi connectivity index (χ4n) is 3.28. The monoisotopic (exact) mass is 540 g/mol. The van der Waals surface area contributed by atoms with Crippen LogP contribution in [0, 0.1) is 20.8 Å². The molecule has 0 bridgehead atoms. The second-order valence-electron chi connectivity index (χ2n) is 7.60. The zero-order valence-electron chi connectivity index (χ0n) is 18.6. The second kappa shape index (κ2) is 9.35. The zero-order valence-corrected chi connectivity index (χ0v) is 21.0. The standard InChI is InChI=1S/C23H21BrN6O3S/c1-14-12-15(2)27-23(26-14)29-34(32,33)20-10-6-18(7-11-20)25-13-21-16(3)28-30(22(21)31)19-8-4-17(24)5-9-19/h4-13,28H,1-3H3,(H,26,27,29). The highest BCUT2D eigenvalue weighted by molar-refractivity contribution is 9.10. The molecule has 2 aromatic heterocycles. The molecular weight excluding hydrogens is 520 g/mol. The predicted molar refractivity (Wildman–Crippen MR) is 135 cm³/mol. The number of nitrogens with zero attached hydrogens (tertiary/aromatic N) is 4. The Morgan fingerprint density at radius 2 is 1.62 bits per heavy atom. The summed E-state index contributed by atoms with van der Waals surface area (Å²) >= 11 is 3.38. The van der Waals surface area contributed by atoms with E-state index in [1.807, 2.05) is 24.3 Å². The summed E-state index contributed by atoms with van der Waals surface area (Å²) in [4.78, 5) is 25.4. The van der Waals surface area contributed by atoms with Crippen LogP contribution in [0.25, 0.3) is 5.69 Å². The summed E-state index contributed by atoms with van der Waals surface area (Å²) < 4.78 is 30.1. The average molecular weight is 541 g/mol. The molecule has 0 radical (unpaired) electrons. The van der Waals surface area contributed by atoms with E-state index < -0.39 is 10.0 Å². The number of benzene rings is 2. The van der Waals surface area contributed by atoms with Gasteiger partial charge in [0, 0.05) is 27.8 Å². The van der Waals surface area contributed by atoms with E-state index in [9.17, 15) is 13.2 Å². The van der Waals surface area contributed by atoms with E-state index in [1.165, 1.54) is 23.0 Å². The summed E-state index contributed by atoms with van der Waals surface area (Å²) in [6, 6.07) is 15.1. The Balaban J connectivity index is 1.54. The maximum atomic E-state index is 12.8. The van der Waals surface area contributed by atoms with Gasteiger partial charge in [-0.1, -0.05) is 15.9 Å². The van der Waals surface area contributed by atoms with Crippen LogP contribution in [-0.2, 0) is 10.0 Å². The molecule has 0 saturated heterocycles. The molecule has 0 spiro atoms. The normalized spacial score (nSPS) is 11.8. The maximum absolute atomic E-state index is 12.8. The molecule has 0 amide bonds. The Bertz CT molecular complexity index is 1520. The first-order chi connectivity index (χ1) is 16.1. The van der Waals surface area contributed by atoms with Gasteiger partial charge in [0.15, 0.2) is 0 Å². The molecule has 0 aliphatic rings. The number of aromatic amines is 1. The van der Waals surface area contributed by atoms with Gasteiger partial charge in [0.1, 0.15) is 0 Å². The van der Waals surface area contributed by atoms with Crippen LogP contribution in [0.2, 0.25) is 0 Å². The number of aryl methyl sites for hydroxylation is 3. The molecule has 11 heteroatoms. The summed E-state index contributed by atoms with van der Waals surface area (Å²) in [5, 5.41) is 3.04. The van der Waals surface area contributed by atoms with Gasteiger partial charge in [0.05, 0.1) is 21.8 Å². The first-order valence-electron chi connectivity index (χ1n) is 10.2. The minimum absolute atomic E-state index is 0.0181. The van der Waals surface area contributed by atoms with Crippen LogP contribution < -0.4 is 10.3 Å². The number of hydrogen-bond donors (Lipinski definition) is 2. The minimum atomic E-state index is -3.86. The number of sulfonamides is 1. The van der Waals surface area contributed by atoms with Crippen molar-refractivity contribution in [1.29, 1.82) is 0 Å². The molecular formula is C23H21BrN6O3S.